The molecule has 1 aliphatic heterocycles. The maximum Gasteiger partial charge on any atom is 0.416 e. The smallest absolute Gasteiger partial charge is 0.166 e. The largest absolute Gasteiger partial charge is 0.416 e. The number of rotatable bonds is 0. The molecule has 0 atom stereocenters. The summed E-state index contributed by atoms with van der Waals surface area (Å²) in [5.74, 6) is 0. The van der Waals surface area contributed by atoms with Crippen molar-refractivity contribution < 1.29 is 13.2 Å². The highest BCUT2D eigenvalue weighted by atomic mass is 35.5. The zero-order chi connectivity index (χ0) is 14.7. The van der Waals surface area contributed by atoms with Gasteiger partial charge in [-0.05, 0) is 45.8 Å². The third-order valence-electron chi connectivity index (χ3n) is 3.97. The van der Waals surface area contributed by atoms with Crippen LogP contribution >= 0.6 is 11.6 Å². The van der Waals surface area contributed by atoms with E-state index in [0.717, 1.165) is 27.6 Å². The van der Waals surface area contributed by atoms with Crippen molar-refractivity contribution in [1.29, 1.82) is 0 Å². The van der Waals surface area contributed by atoms with Gasteiger partial charge in [-0.1, -0.05) is 36.8 Å². The lowest BCUT2D eigenvalue weighted by molar-refractivity contribution is -0.137. The van der Waals surface area contributed by atoms with Gasteiger partial charge in [0.15, 0.2) is 0 Å². The minimum absolute atomic E-state index is 0.573. The van der Waals surface area contributed by atoms with E-state index in [0.29, 0.717) is 5.02 Å². The summed E-state index contributed by atoms with van der Waals surface area (Å²) in [6.45, 7) is 4.13. The molecule has 0 bridgehead atoms. The van der Waals surface area contributed by atoms with Gasteiger partial charge in [0.1, 0.15) is 8.07 Å². The highest BCUT2D eigenvalue weighted by Gasteiger charge is 2.40. The lowest BCUT2D eigenvalue weighted by Gasteiger charge is -2.20. The predicted molar refractivity (Wildman–Crippen MR) is 78.6 cm³/mol. The van der Waals surface area contributed by atoms with E-state index >= 15 is 0 Å². The quantitative estimate of drug-likeness (QED) is 0.641. The van der Waals surface area contributed by atoms with E-state index in [1.807, 2.05) is 12.1 Å². The van der Waals surface area contributed by atoms with Crippen LogP contribution in [0.15, 0.2) is 36.4 Å². The Bertz CT molecular complexity index is 705. The summed E-state index contributed by atoms with van der Waals surface area (Å²) in [5.41, 5.74) is 1.37. The molecule has 1 heterocycles. The van der Waals surface area contributed by atoms with Crippen LogP contribution < -0.4 is 10.4 Å². The van der Waals surface area contributed by atoms with E-state index in [1.165, 1.54) is 6.07 Å². The molecule has 2 aromatic carbocycles. The standard InChI is InChI=1S/C15H12ClF3Si/c1-20(2)13-7-9(15(17,18)19)3-5-11(13)12-6-4-10(16)8-14(12)20/h3-8H,1-2H3. The third kappa shape index (κ3) is 1.90. The first-order valence-electron chi connectivity index (χ1n) is 6.23. The summed E-state index contributed by atoms with van der Waals surface area (Å²) in [4.78, 5) is 0. The van der Waals surface area contributed by atoms with Crippen LogP contribution in [0.25, 0.3) is 11.1 Å². The number of alkyl halides is 3. The van der Waals surface area contributed by atoms with E-state index in [9.17, 15) is 13.2 Å². The Hall–Kier alpha value is -1.26. The van der Waals surface area contributed by atoms with Crippen molar-refractivity contribution in [3.8, 4) is 11.1 Å². The topological polar surface area (TPSA) is 0 Å². The Kier molecular flexibility index (Phi) is 2.82. The fourth-order valence-corrected chi connectivity index (χ4v) is 6.26. The molecule has 0 unspecified atom stereocenters. The van der Waals surface area contributed by atoms with Gasteiger partial charge in [0.2, 0.25) is 0 Å². The van der Waals surface area contributed by atoms with Crippen molar-refractivity contribution in [3.63, 3.8) is 0 Å². The first-order chi connectivity index (χ1) is 9.21. The highest BCUT2D eigenvalue weighted by Crippen LogP contribution is 2.34. The molecule has 0 fully saturated rings. The van der Waals surface area contributed by atoms with E-state index in [-0.39, 0.29) is 0 Å². The molecule has 20 heavy (non-hydrogen) atoms. The number of hydrogen-bond acceptors (Lipinski definition) is 0. The molecule has 0 nitrogen and oxygen atoms in total. The summed E-state index contributed by atoms with van der Waals surface area (Å²) >= 11 is 6.04. The van der Waals surface area contributed by atoms with E-state index in [2.05, 4.69) is 13.1 Å². The first kappa shape index (κ1) is 13.7. The van der Waals surface area contributed by atoms with Crippen molar-refractivity contribution in [3.05, 3.63) is 47.0 Å². The lowest BCUT2D eigenvalue weighted by Crippen LogP contribution is -2.49. The molecule has 2 aromatic rings. The van der Waals surface area contributed by atoms with Crippen LogP contribution in [0.4, 0.5) is 13.2 Å². The van der Waals surface area contributed by atoms with Gasteiger partial charge in [0.05, 0.1) is 5.56 Å². The summed E-state index contributed by atoms with van der Waals surface area (Å²) in [6, 6.07) is 9.66. The maximum atomic E-state index is 12.9. The molecule has 0 spiro atoms. The molecule has 0 N–H and O–H groups in total. The predicted octanol–water partition coefficient (Wildman–Crippen LogP) is 4.16. The Balaban J connectivity index is 2.27. The first-order valence-corrected chi connectivity index (χ1v) is 9.61. The minimum atomic E-state index is -4.30. The Morgan fingerprint density at radius 1 is 0.900 bits per heavy atom. The van der Waals surface area contributed by atoms with Crippen molar-refractivity contribution in [2.24, 2.45) is 0 Å². The van der Waals surface area contributed by atoms with Gasteiger partial charge in [-0.2, -0.15) is 13.2 Å². The molecule has 0 radical (unpaired) electrons. The molecule has 0 aliphatic carbocycles. The number of halogens is 4. The molecule has 3 rings (SSSR count). The van der Waals surface area contributed by atoms with E-state index < -0.39 is 19.8 Å². The summed E-state index contributed by atoms with van der Waals surface area (Å²) < 4.78 is 38.7. The van der Waals surface area contributed by atoms with Crippen LogP contribution in [-0.2, 0) is 6.18 Å². The van der Waals surface area contributed by atoms with Gasteiger partial charge in [0.25, 0.3) is 0 Å². The summed E-state index contributed by atoms with van der Waals surface area (Å²) in [5, 5.41) is 2.58. The third-order valence-corrected chi connectivity index (χ3v) is 7.72. The van der Waals surface area contributed by atoms with Gasteiger partial charge >= 0.3 is 6.18 Å². The van der Waals surface area contributed by atoms with E-state index in [4.69, 9.17) is 11.6 Å². The van der Waals surface area contributed by atoms with Crippen LogP contribution in [0, 0.1) is 0 Å². The second-order valence-electron chi connectivity index (χ2n) is 5.57. The van der Waals surface area contributed by atoms with E-state index in [1.54, 1.807) is 12.1 Å². The Morgan fingerprint density at radius 3 is 2.05 bits per heavy atom. The van der Waals surface area contributed by atoms with Crippen LogP contribution in [0.3, 0.4) is 0 Å². The van der Waals surface area contributed by atoms with Crippen LogP contribution in [0.1, 0.15) is 5.56 Å². The summed E-state index contributed by atoms with van der Waals surface area (Å²) in [7, 11) is -2.11. The maximum absolute atomic E-state index is 12.9. The van der Waals surface area contributed by atoms with Crippen LogP contribution in [-0.4, -0.2) is 8.07 Å². The van der Waals surface area contributed by atoms with Gasteiger partial charge in [-0.25, -0.2) is 0 Å². The highest BCUT2D eigenvalue weighted by molar-refractivity contribution is 7.03. The Labute approximate surface area is 121 Å². The Morgan fingerprint density at radius 2 is 1.45 bits per heavy atom. The van der Waals surface area contributed by atoms with Crippen LogP contribution in [0.5, 0.6) is 0 Å². The normalized spacial score (nSPS) is 15.9. The van der Waals surface area contributed by atoms with Gasteiger partial charge in [-0.3, -0.25) is 0 Å². The SMILES string of the molecule is C[Si]1(C)c2cc(Cl)ccc2-c2ccc(C(F)(F)F)cc21. The molecule has 104 valence electrons. The summed E-state index contributed by atoms with van der Waals surface area (Å²) in [6.07, 6.45) is -4.30. The van der Waals surface area contributed by atoms with Gasteiger partial charge < -0.3 is 0 Å². The monoisotopic (exact) mass is 312 g/mol. The zero-order valence-electron chi connectivity index (χ0n) is 11.0. The van der Waals surface area contributed by atoms with Crippen molar-refractivity contribution in [1.82, 2.24) is 0 Å². The minimum Gasteiger partial charge on any atom is -0.166 e. The van der Waals surface area contributed by atoms with Crippen molar-refractivity contribution in [2.45, 2.75) is 19.3 Å². The number of fused-ring (bicyclic) bond motifs is 3. The van der Waals surface area contributed by atoms with Crippen molar-refractivity contribution >= 4 is 30.0 Å². The molecular formula is C15H12ClF3Si. The second-order valence-corrected chi connectivity index (χ2v) is 10.3. The van der Waals surface area contributed by atoms with Gasteiger partial charge in [-0.15, -0.1) is 0 Å². The lowest BCUT2D eigenvalue weighted by atomic mass is 10.0. The molecule has 1 aliphatic rings. The zero-order valence-corrected chi connectivity index (χ0v) is 12.7. The van der Waals surface area contributed by atoms with Gasteiger partial charge in [0, 0.05) is 5.02 Å². The van der Waals surface area contributed by atoms with Crippen LogP contribution in [0.2, 0.25) is 18.1 Å². The fourth-order valence-electron chi connectivity index (χ4n) is 2.89. The molecule has 5 heteroatoms. The number of benzene rings is 2. The number of hydrogen-bond donors (Lipinski definition) is 0. The molecular weight excluding hydrogens is 301 g/mol. The molecule has 0 amide bonds. The molecule has 0 saturated heterocycles. The molecule has 0 aromatic heterocycles. The molecule has 0 saturated carbocycles. The van der Waals surface area contributed by atoms with Crippen molar-refractivity contribution in [2.75, 3.05) is 0 Å². The average molecular weight is 313 g/mol. The second kappa shape index (κ2) is 4.12. The fraction of sp³-hybridized carbons (Fsp3) is 0.200. The average Bonchev–Trinajstić information content (AvgIpc) is 2.57.